The Morgan fingerprint density at radius 2 is 2.38 bits per heavy atom. The van der Waals surface area contributed by atoms with E-state index in [1.807, 2.05) is 0 Å². The molecule has 1 aromatic rings. The van der Waals surface area contributed by atoms with Gasteiger partial charge in [-0.05, 0) is 12.8 Å². The first-order chi connectivity index (χ1) is 7.58. The third-order valence-corrected chi connectivity index (χ3v) is 2.58. The minimum absolute atomic E-state index is 0.0381. The maximum Gasteiger partial charge on any atom is 0.278 e. The Hall–Kier alpha value is -1.56. The average Bonchev–Trinajstić information content (AvgIpc) is 3.03. The molecule has 1 heterocycles. The van der Waals surface area contributed by atoms with E-state index in [1.54, 1.807) is 0 Å². The second-order valence-corrected chi connectivity index (χ2v) is 4.08. The van der Waals surface area contributed by atoms with Gasteiger partial charge in [0.2, 0.25) is 5.91 Å². The zero-order valence-corrected chi connectivity index (χ0v) is 9.20. The van der Waals surface area contributed by atoms with Gasteiger partial charge in [0.15, 0.2) is 5.15 Å². The third-order valence-electron chi connectivity index (χ3n) is 2.28. The summed E-state index contributed by atoms with van der Waals surface area (Å²) in [6, 6.07) is 0.265. The minimum Gasteiger partial charge on any atom is -0.392 e. The Morgan fingerprint density at radius 1 is 1.69 bits per heavy atom. The molecule has 0 bridgehead atoms. The van der Waals surface area contributed by atoms with E-state index in [2.05, 4.69) is 10.3 Å². The number of anilines is 1. The summed E-state index contributed by atoms with van der Waals surface area (Å²) < 4.78 is 1.14. The number of nitrogen functional groups attached to an aromatic ring is 1. The Morgan fingerprint density at radius 3 is 3.00 bits per heavy atom. The molecule has 1 amide bonds. The van der Waals surface area contributed by atoms with Gasteiger partial charge in [-0.1, -0.05) is 11.6 Å². The summed E-state index contributed by atoms with van der Waals surface area (Å²) in [7, 11) is 0. The van der Waals surface area contributed by atoms with Crippen LogP contribution in [0.4, 0.5) is 5.69 Å². The second kappa shape index (κ2) is 4.13. The molecule has 0 saturated heterocycles. The van der Waals surface area contributed by atoms with E-state index in [1.165, 1.54) is 6.33 Å². The molecule has 7 heteroatoms. The van der Waals surface area contributed by atoms with Crippen molar-refractivity contribution in [2.45, 2.75) is 25.4 Å². The van der Waals surface area contributed by atoms with Crippen LogP contribution in [-0.4, -0.2) is 21.5 Å². The van der Waals surface area contributed by atoms with Crippen molar-refractivity contribution < 1.29 is 4.79 Å². The Labute approximate surface area is 96.4 Å². The number of amides is 1. The van der Waals surface area contributed by atoms with Crippen molar-refractivity contribution >= 4 is 23.2 Å². The van der Waals surface area contributed by atoms with E-state index in [9.17, 15) is 9.59 Å². The Balaban J connectivity index is 2.11. The van der Waals surface area contributed by atoms with Crippen LogP contribution >= 0.6 is 11.6 Å². The summed E-state index contributed by atoms with van der Waals surface area (Å²) in [5, 5.41) is 2.73. The molecular weight excluding hydrogens is 232 g/mol. The summed E-state index contributed by atoms with van der Waals surface area (Å²) >= 11 is 5.57. The topological polar surface area (TPSA) is 90.0 Å². The van der Waals surface area contributed by atoms with Crippen LogP contribution in [0.5, 0.6) is 0 Å². The molecule has 6 nitrogen and oxygen atoms in total. The molecule has 1 aromatic heterocycles. The molecule has 0 unspecified atom stereocenters. The smallest absolute Gasteiger partial charge is 0.278 e. The van der Waals surface area contributed by atoms with Crippen LogP contribution in [0.3, 0.4) is 0 Å². The van der Waals surface area contributed by atoms with E-state index in [-0.39, 0.29) is 29.3 Å². The molecule has 86 valence electrons. The maximum atomic E-state index is 11.6. The number of carbonyl (C=O) groups is 1. The van der Waals surface area contributed by atoms with Crippen molar-refractivity contribution in [3.05, 3.63) is 21.8 Å². The normalized spacial score (nSPS) is 14.8. The Kier molecular flexibility index (Phi) is 2.82. The highest BCUT2D eigenvalue weighted by Crippen LogP contribution is 2.18. The number of carbonyl (C=O) groups excluding carboxylic acids is 1. The number of nitrogens with two attached hydrogens (primary N) is 1. The van der Waals surface area contributed by atoms with Gasteiger partial charge in [0.25, 0.3) is 5.56 Å². The average molecular weight is 243 g/mol. The predicted octanol–water partition coefficient (Wildman–Crippen LogP) is -0.243. The molecule has 1 aliphatic carbocycles. The fourth-order valence-electron chi connectivity index (χ4n) is 1.25. The largest absolute Gasteiger partial charge is 0.392 e. The van der Waals surface area contributed by atoms with E-state index in [0.29, 0.717) is 0 Å². The van der Waals surface area contributed by atoms with Gasteiger partial charge >= 0.3 is 0 Å². The second-order valence-electron chi connectivity index (χ2n) is 3.72. The van der Waals surface area contributed by atoms with E-state index in [0.717, 1.165) is 17.4 Å². The van der Waals surface area contributed by atoms with Gasteiger partial charge in [0.1, 0.15) is 12.2 Å². The monoisotopic (exact) mass is 242 g/mol. The van der Waals surface area contributed by atoms with Crippen LogP contribution in [-0.2, 0) is 11.3 Å². The van der Waals surface area contributed by atoms with Gasteiger partial charge in [-0.2, -0.15) is 0 Å². The minimum atomic E-state index is -0.494. The molecule has 1 aliphatic rings. The quantitative estimate of drug-likeness (QED) is 0.716. The molecule has 0 atom stereocenters. The number of nitrogens with zero attached hydrogens (tertiary/aromatic N) is 2. The highest BCUT2D eigenvalue weighted by Gasteiger charge is 2.23. The molecule has 2 rings (SSSR count). The maximum absolute atomic E-state index is 11.6. The summed E-state index contributed by atoms with van der Waals surface area (Å²) in [6.45, 7) is -0.0797. The molecule has 0 radical (unpaired) electrons. The lowest BCUT2D eigenvalue weighted by atomic mass is 10.5. The standard InChI is InChI=1S/C9H11ClN4O2/c10-8-7(11)9(16)14(4-12-8)3-6(15)13-5-1-2-5/h4-5H,1-3,11H2,(H,13,15). The van der Waals surface area contributed by atoms with Crippen LogP contribution in [0.25, 0.3) is 0 Å². The van der Waals surface area contributed by atoms with Crippen molar-refractivity contribution in [2.75, 3.05) is 5.73 Å². The van der Waals surface area contributed by atoms with Crippen molar-refractivity contribution in [3.63, 3.8) is 0 Å². The molecule has 0 spiro atoms. The van der Waals surface area contributed by atoms with Crippen molar-refractivity contribution in [1.29, 1.82) is 0 Å². The highest BCUT2D eigenvalue weighted by atomic mass is 35.5. The van der Waals surface area contributed by atoms with E-state index >= 15 is 0 Å². The van der Waals surface area contributed by atoms with Crippen molar-refractivity contribution in [2.24, 2.45) is 0 Å². The van der Waals surface area contributed by atoms with E-state index in [4.69, 9.17) is 17.3 Å². The van der Waals surface area contributed by atoms with Gasteiger partial charge in [0.05, 0.1) is 6.33 Å². The van der Waals surface area contributed by atoms with Gasteiger partial charge in [-0.3, -0.25) is 14.2 Å². The number of hydrogen-bond acceptors (Lipinski definition) is 4. The first-order valence-electron chi connectivity index (χ1n) is 4.87. The molecule has 1 fully saturated rings. The number of halogens is 1. The SMILES string of the molecule is Nc1c(Cl)ncn(CC(=O)NC2CC2)c1=O. The van der Waals surface area contributed by atoms with Crippen LogP contribution in [0, 0.1) is 0 Å². The molecule has 0 aliphatic heterocycles. The first kappa shape index (κ1) is 10.9. The molecule has 3 N–H and O–H groups in total. The van der Waals surface area contributed by atoms with Gasteiger partial charge < -0.3 is 11.1 Å². The lowest BCUT2D eigenvalue weighted by Crippen LogP contribution is -2.34. The fraction of sp³-hybridized carbons (Fsp3) is 0.444. The Bertz CT molecular complexity index is 481. The number of nitrogens with one attached hydrogen (secondary N) is 1. The number of aromatic nitrogens is 2. The molecule has 0 aromatic carbocycles. The van der Waals surface area contributed by atoms with Crippen LogP contribution in [0.2, 0.25) is 5.15 Å². The summed E-state index contributed by atoms with van der Waals surface area (Å²) in [6.07, 6.45) is 3.22. The zero-order chi connectivity index (χ0) is 11.7. The van der Waals surface area contributed by atoms with Gasteiger partial charge in [-0.15, -0.1) is 0 Å². The summed E-state index contributed by atoms with van der Waals surface area (Å²) in [4.78, 5) is 26.7. The van der Waals surface area contributed by atoms with Crippen LogP contribution < -0.4 is 16.6 Å². The summed E-state index contributed by atoms with van der Waals surface area (Å²) in [5.41, 5.74) is 4.78. The van der Waals surface area contributed by atoms with Crippen molar-refractivity contribution in [3.8, 4) is 0 Å². The zero-order valence-electron chi connectivity index (χ0n) is 8.44. The van der Waals surface area contributed by atoms with E-state index < -0.39 is 5.56 Å². The number of hydrogen-bond donors (Lipinski definition) is 2. The molecular formula is C9H11ClN4O2. The molecule has 1 saturated carbocycles. The van der Waals surface area contributed by atoms with Crippen molar-refractivity contribution in [1.82, 2.24) is 14.9 Å². The fourth-order valence-corrected chi connectivity index (χ4v) is 1.38. The highest BCUT2D eigenvalue weighted by molar-refractivity contribution is 6.31. The molecule has 16 heavy (non-hydrogen) atoms. The number of rotatable bonds is 3. The van der Waals surface area contributed by atoms with Gasteiger partial charge in [-0.25, -0.2) is 4.98 Å². The van der Waals surface area contributed by atoms with Crippen LogP contribution in [0.1, 0.15) is 12.8 Å². The predicted molar refractivity (Wildman–Crippen MR) is 59.1 cm³/mol. The third kappa shape index (κ3) is 2.33. The van der Waals surface area contributed by atoms with Crippen LogP contribution in [0.15, 0.2) is 11.1 Å². The summed E-state index contributed by atoms with van der Waals surface area (Å²) in [5.74, 6) is -0.215. The lowest BCUT2D eigenvalue weighted by molar-refractivity contribution is -0.121. The lowest BCUT2D eigenvalue weighted by Gasteiger charge is -2.06. The van der Waals surface area contributed by atoms with Gasteiger partial charge in [0, 0.05) is 6.04 Å². The first-order valence-corrected chi connectivity index (χ1v) is 5.25.